The molecular weight excluding hydrogens is 326 g/mol. The van der Waals surface area contributed by atoms with Crippen LogP contribution in [-0.4, -0.2) is 56.1 Å². The molecule has 1 aliphatic heterocycles. The number of hydrogen-bond acceptors (Lipinski definition) is 6. The average Bonchev–Trinajstić information content (AvgIpc) is 2.89. The number of aliphatic carboxylic acids is 1. The number of ether oxygens (including phenoxy) is 2. The lowest BCUT2D eigenvalue weighted by Crippen LogP contribution is -2.32. The van der Waals surface area contributed by atoms with E-state index in [-0.39, 0.29) is 17.9 Å². The van der Waals surface area contributed by atoms with Gasteiger partial charge in [-0.1, -0.05) is 0 Å². The number of carboxylic acids is 1. The van der Waals surface area contributed by atoms with Crippen molar-refractivity contribution < 1.29 is 32.6 Å². The first kappa shape index (κ1) is 17.2. The topological polar surface area (TPSA) is 110 Å². The smallest absolute Gasteiger partial charge is 0.347 e. The van der Waals surface area contributed by atoms with E-state index in [0.717, 1.165) is 4.31 Å². The van der Waals surface area contributed by atoms with Crippen molar-refractivity contribution in [3.63, 3.8) is 0 Å². The maximum atomic E-state index is 12.3. The zero-order chi connectivity index (χ0) is 17.2. The third-order valence-corrected chi connectivity index (χ3v) is 5.12. The molecule has 1 atom stereocenters. The van der Waals surface area contributed by atoms with Crippen molar-refractivity contribution in [1.29, 1.82) is 0 Å². The SMILES string of the molecule is CCOC(=O)C1Cc2cc(S(=O)(=O)N(C)CC(=O)O)ccc2O1. The molecule has 0 saturated heterocycles. The first-order valence-electron chi connectivity index (χ1n) is 6.90. The summed E-state index contributed by atoms with van der Waals surface area (Å²) in [5.41, 5.74) is 0.563. The van der Waals surface area contributed by atoms with Gasteiger partial charge in [0.1, 0.15) is 12.3 Å². The van der Waals surface area contributed by atoms with E-state index < -0.39 is 34.6 Å². The predicted molar refractivity (Wildman–Crippen MR) is 78.6 cm³/mol. The van der Waals surface area contributed by atoms with Gasteiger partial charge in [-0.15, -0.1) is 0 Å². The van der Waals surface area contributed by atoms with E-state index >= 15 is 0 Å². The van der Waals surface area contributed by atoms with Crippen molar-refractivity contribution >= 4 is 22.0 Å². The van der Waals surface area contributed by atoms with E-state index in [1.54, 1.807) is 6.92 Å². The molecule has 2 rings (SSSR count). The molecule has 0 amide bonds. The van der Waals surface area contributed by atoms with Gasteiger partial charge in [0.2, 0.25) is 10.0 Å². The average molecular weight is 343 g/mol. The summed E-state index contributed by atoms with van der Waals surface area (Å²) >= 11 is 0. The molecule has 8 nitrogen and oxygen atoms in total. The van der Waals surface area contributed by atoms with Crippen molar-refractivity contribution in [3.05, 3.63) is 23.8 Å². The van der Waals surface area contributed by atoms with E-state index in [4.69, 9.17) is 14.6 Å². The van der Waals surface area contributed by atoms with E-state index in [2.05, 4.69) is 0 Å². The van der Waals surface area contributed by atoms with Crippen molar-refractivity contribution in [3.8, 4) is 5.75 Å². The van der Waals surface area contributed by atoms with Crippen LogP contribution in [0.15, 0.2) is 23.1 Å². The van der Waals surface area contributed by atoms with Gasteiger partial charge in [0.05, 0.1) is 11.5 Å². The summed E-state index contributed by atoms with van der Waals surface area (Å²) in [5, 5.41) is 8.72. The van der Waals surface area contributed by atoms with Crippen LogP contribution in [0, 0.1) is 0 Å². The molecule has 9 heteroatoms. The number of nitrogens with zero attached hydrogens (tertiary/aromatic N) is 1. The molecule has 1 heterocycles. The lowest BCUT2D eigenvalue weighted by atomic mass is 10.1. The highest BCUT2D eigenvalue weighted by atomic mass is 32.2. The lowest BCUT2D eigenvalue weighted by Gasteiger charge is -2.15. The second-order valence-electron chi connectivity index (χ2n) is 4.99. The molecule has 0 saturated carbocycles. The molecule has 23 heavy (non-hydrogen) atoms. The van der Waals surface area contributed by atoms with Crippen molar-refractivity contribution in [1.82, 2.24) is 4.31 Å². The Hall–Kier alpha value is -2.13. The highest BCUT2D eigenvalue weighted by Gasteiger charge is 2.32. The van der Waals surface area contributed by atoms with Crippen LogP contribution >= 0.6 is 0 Å². The summed E-state index contributed by atoms with van der Waals surface area (Å²) in [6.07, 6.45) is -0.583. The van der Waals surface area contributed by atoms with Gasteiger partial charge in [-0.3, -0.25) is 4.79 Å². The number of carbonyl (C=O) groups excluding carboxylic acids is 1. The van der Waals surface area contributed by atoms with Gasteiger partial charge in [0, 0.05) is 13.5 Å². The zero-order valence-electron chi connectivity index (χ0n) is 12.7. The quantitative estimate of drug-likeness (QED) is 0.738. The number of benzene rings is 1. The number of esters is 1. The van der Waals surface area contributed by atoms with Crippen molar-refractivity contribution in [2.24, 2.45) is 0 Å². The van der Waals surface area contributed by atoms with Gasteiger partial charge >= 0.3 is 11.9 Å². The van der Waals surface area contributed by atoms with E-state index in [0.29, 0.717) is 11.3 Å². The molecule has 0 aliphatic carbocycles. The Morgan fingerprint density at radius 1 is 1.43 bits per heavy atom. The van der Waals surface area contributed by atoms with Crippen LogP contribution in [0.3, 0.4) is 0 Å². The van der Waals surface area contributed by atoms with Crippen LogP contribution in [0.25, 0.3) is 0 Å². The number of sulfonamides is 1. The molecule has 0 fully saturated rings. The van der Waals surface area contributed by atoms with Crippen LogP contribution in [0.1, 0.15) is 12.5 Å². The second-order valence-corrected chi connectivity index (χ2v) is 7.03. The maximum absolute atomic E-state index is 12.3. The molecule has 1 aromatic carbocycles. The number of carboxylic acid groups (broad SMARTS) is 1. The van der Waals surface area contributed by atoms with Gasteiger partial charge in [-0.2, -0.15) is 4.31 Å². The number of rotatable bonds is 6. The lowest BCUT2D eigenvalue weighted by molar-refractivity contribution is -0.150. The molecule has 0 bridgehead atoms. The van der Waals surface area contributed by atoms with Gasteiger partial charge in [-0.05, 0) is 30.7 Å². The number of likely N-dealkylation sites (N-methyl/N-ethyl adjacent to an activating group) is 1. The Labute approximate surface area is 133 Å². The molecule has 126 valence electrons. The molecule has 1 unspecified atom stereocenters. The summed E-state index contributed by atoms with van der Waals surface area (Å²) in [6.45, 7) is 1.28. The molecule has 1 aromatic rings. The largest absolute Gasteiger partial charge is 0.480 e. The Bertz CT molecular complexity index is 729. The fourth-order valence-corrected chi connectivity index (χ4v) is 3.38. The number of hydrogen-bond donors (Lipinski definition) is 1. The monoisotopic (exact) mass is 343 g/mol. The molecule has 1 aliphatic rings. The second kappa shape index (κ2) is 6.55. The summed E-state index contributed by atoms with van der Waals surface area (Å²) < 4.78 is 35.7. The number of carbonyl (C=O) groups is 2. The minimum Gasteiger partial charge on any atom is -0.480 e. The van der Waals surface area contributed by atoms with Crippen LogP contribution in [0.2, 0.25) is 0 Å². The fourth-order valence-electron chi connectivity index (χ4n) is 2.21. The van der Waals surface area contributed by atoms with Gasteiger partial charge < -0.3 is 14.6 Å². The van der Waals surface area contributed by atoms with Crippen LogP contribution in [-0.2, 0) is 30.8 Å². The van der Waals surface area contributed by atoms with Crippen molar-refractivity contribution in [2.75, 3.05) is 20.2 Å². The molecule has 0 radical (unpaired) electrons. The fraction of sp³-hybridized carbons (Fsp3) is 0.429. The third kappa shape index (κ3) is 3.62. The Morgan fingerprint density at radius 2 is 2.13 bits per heavy atom. The third-order valence-electron chi connectivity index (χ3n) is 3.32. The van der Waals surface area contributed by atoms with Crippen LogP contribution in [0.5, 0.6) is 5.75 Å². The maximum Gasteiger partial charge on any atom is 0.347 e. The molecule has 0 aromatic heterocycles. The number of fused-ring (bicyclic) bond motifs is 1. The summed E-state index contributed by atoms with van der Waals surface area (Å²) in [5.74, 6) is -1.33. The minimum atomic E-state index is -3.92. The predicted octanol–water partition coefficient (Wildman–Crippen LogP) is 0.258. The first-order valence-corrected chi connectivity index (χ1v) is 8.34. The standard InChI is InChI=1S/C14H17NO7S/c1-3-21-14(18)12-7-9-6-10(4-5-11(9)22-12)23(19,20)15(2)8-13(16)17/h4-6,12H,3,7-8H2,1-2H3,(H,16,17). The van der Waals surface area contributed by atoms with Crippen LogP contribution < -0.4 is 4.74 Å². The summed E-state index contributed by atoms with van der Waals surface area (Å²) in [7, 11) is -2.73. The summed E-state index contributed by atoms with van der Waals surface area (Å²) in [6, 6.07) is 4.17. The van der Waals surface area contributed by atoms with Crippen molar-refractivity contribution in [2.45, 2.75) is 24.3 Å². The minimum absolute atomic E-state index is 0.0480. The Kier molecular flexibility index (Phi) is 4.90. The Morgan fingerprint density at radius 3 is 2.74 bits per heavy atom. The van der Waals surface area contributed by atoms with Gasteiger partial charge in [-0.25, -0.2) is 13.2 Å². The van der Waals surface area contributed by atoms with Gasteiger partial charge in [0.25, 0.3) is 0 Å². The van der Waals surface area contributed by atoms with E-state index in [1.165, 1.54) is 25.2 Å². The summed E-state index contributed by atoms with van der Waals surface area (Å²) in [4.78, 5) is 22.3. The molecule has 1 N–H and O–H groups in total. The highest BCUT2D eigenvalue weighted by molar-refractivity contribution is 7.89. The first-order chi connectivity index (χ1) is 10.8. The highest BCUT2D eigenvalue weighted by Crippen LogP contribution is 2.32. The van der Waals surface area contributed by atoms with Crippen LogP contribution in [0.4, 0.5) is 0 Å². The molecule has 0 spiro atoms. The van der Waals surface area contributed by atoms with E-state index in [9.17, 15) is 18.0 Å². The zero-order valence-corrected chi connectivity index (χ0v) is 13.5. The normalized spacial score (nSPS) is 16.7. The Balaban J connectivity index is 2.22. The van der Waals surface area contributed by atoms with Gasteiger partial charge in [0.15, 0.2) is 6.10 Å². The molecular formula is C14H17NO7S. The van der Waals surface area contributed by atoms with E-state index in [1.807, 2.05) is 0 Å².